The van der Waals surface area contributed by atoms with Gasteiger partial charge in [-0.2, -0.15) is 0 Å². The molecular weight excluding hydrogens is 1000 g/mol. The van der Waals surface area contributed by atoms with Gasteiger partial charge >= 0.3 is 0 Å². The Bertz CT molecular complexity index is 4880. The lowest BCUT2D eigenvalue weighted by Gasteiger charge is -2.35. The molecule has 0 saturated carbocycles. The van der Waals surface area contributed by atoms with Gasteiger partial charge in [-0.3, -0.25) is 0 Å². The molecule has 12 aromatic carbocycles. The highest BCUT2D eigenvalue weighted by Crippen LogP contribution is 2.59. The predicted octanol–water partition coefficient (Wildman–Crippen LogP) is 21.4. The van der Waals surface area contributed by atoms with Crippen LogP contribution in [0.1, 0.15) is 28.7 Å². The summed E-state index contributed by atoms with van der Waals surface area (Å²) in [5.41, 5.74) is 25.0. The summed E-state index contributed by atoms with van der Waals surface area (Å²) in [7, 11) is 0. The molecule has 2 aliphatic carbocycles. The Morgan fingerprint density at radius 1 is 0.361 bits per heavy atom. The minimum atomic E-state index is -0.538. The Balaban J connectivity index is 0.762. The van der Waals surface area contributed by atoms with Crippen LogP contribution in [0.5, 0.6) is 0 Å². The van der Waals surface area contributed by atoms with Gasteiger partial charge in [-0.05, 0) is 181 Å². The van der Waals surface area contributed by atoms with Gasteiger partial charge in [0, 0.05) is 44.3 Å². The average Bonchev–Trinajstić information content (AvgIpc) is 4.20. The largest absolute Gasteiger partial charge is 0.456 e. The number of rotatable bonds is 10. The number of aromatic nitrogens is 1. The summed E-state index contributed by atoms with van der Waals surface area (Å²) in [6.45, 7) is 0. The molecule has 2 aliphatic rings. The van der Waals surface area contributed by atoms with Crippen LogP contribution in [-0.2, 0) is 5.41 Å². The molecule has 0 bridgehead atoms. The third kappa shape index (κ3) is 8.03. The summed E-state index contributed by atoms with van der Waals surface area (Å²) in [6, 6.07) is 107. The van der Waals surface area contributed by atoms with Crippen molar-refractivity contribution in [1.29, 1.82) is 0 Å². The number of fused-ring (bicyclic) bond motifs is 9. The van der Waals surface area contributed by atoms with E-state index < -0.39 is 5.41 Å². The number of hydrogen-bond donors (Lipinski definition) is 0. The van der Waals surface area contributed by atoms with Gasteiger partial charge in [0.1, 0.15) is 11.2 Å². The normalized spacial score (nSPS) is 13.4. The van der Waals surface area contributed by atoms with Gasteiger partial charge in [0.05, 0.1) is 16.4 Å². The second-order valence-electron chi connectivity index (χ2n) is 21.9. The second-order valence-corrected chi connectivity index (χ2v) is 21.9. The molecule has 0 fully saturated rings. The van der Waals surface area contributed by atoms with Crippen molar-refractivity contribution in [2.75, 3.05) is 4.90 Å². The molecule has 0 radical (unpaired) electrons. The molecule has 0 aliphatic heterocycles. The van der Waals surface area contributed by atoms with Crippen LogP contribution in [0.15, 0.2) is 325 Å². The molecule has 390 valence electrons. The standard InChI is InChI=1S/C80H54N2O/c1-5-26-62(27-6-1)80(63-28-7-2-8-29-63)74-35-12-4-11-32-68(74)69-45-43-67(53-75(69)80)81(66-44-47-79-73(52-66)71-34-14-16-37-78(71)83-79)65-41-38-54(39-42-65)55-20-17-21-56(48-55)57-22-18-23-58(49-57)59-24-19-25-60(50-59)61-40-46-77-72(51-61)70-33-13-15-36-76(70)82(77)64-30-9-3-10-31-64/h1-11,13-53H,12H2. The number of para-hydroxylation sites is 3. The van der Waals surface area contributed by atoms with Gasteiger partial charge in [0.2, 0.25) is 0 Å². The van der Waals surface area contributed by atoms with Gasteiger partial charge < -0.3 is 13.9 Å². The van der Waals surface area contributed by atoms with Gasteiger partial charge in [0.15, 0.2) is 0 Å². The molecule has 0 unspecified atom stereocenters. The summed E-state index contributed by atoms with van der Waals surface area (Å²) in [5.74, 6) is 0. The number of anilines is 3. The smallest absolute Gasteiger partial charge is 0.135 e. The van der Waals surface area contributed by atoms with E-state index in [0.717, 1.165) is 62.2 Å². The molecule has 3 nitrogen and oxygen atoms in total. The minimum Gasteiger partial charge on any atom is -0.456 e. The van der Waals surface area contributed by atoms with Gasteiger partial charge in [-0.15, -0.1) is 0 Å². The lowest BCUT2D eigenvalue weighted by atomic mass is 9.67. The van der Waals surface area contributed by atoms with Crippen molar-refractivity contribution in [3.05, 3.63) is 343 Å². The predicted molar refractivity (Wildman–Crippen MR) is 347 cm³/mol. The third-order valence-electron chi connectivity index (χ3n) is 17.3. The first-order valence-corrected chi connectivity index (χ1v) is 28.7. The molecule has 0 spiro atoms. The summed E-state index contributed by atoms with van der Waals surface area (Å²) in [4.78, 5) is 2.42. The number of allylic oxidation sites excluding steroid dienone is 6. The summed E-state index contributed by atoms with van der Waals surface area (Å²) >= 11 is 0. The summed E-state index contributed by atoms with van der Waals surface area (Å²) in [6.07, 6.45) is 10.1. The fourth-order valence-electron chi connectivity index (χ4n) is 13.5. The van der Waals surface area contributed by atoms with E-state index in [4.69, 9.17) is 4.42 Å². The topological polar surface area (TPSA) is 21.3 Å². The summed E-state index contributed by atoms with van der Waals surface area (Å²) in [5, 5.41) is 4.69. The highest BCUT2D eigenvalue weighted by Gasteiger charge is 2.48. The molecule has 0 saturated heterocycles. The van der Waals surface area contributed by atoms with E-state index in [0.29, 0.717) is 0 Å². The molecule has 0 amide bonds. The van der Waals surface area contributed by atoms with E-state index in [-0.39, 0.29) is 0 Å². The minimum absolute atomic E-state index is 0.538. The molecule has 16 rings (SSSR count). The highest BCUT2D eigenvalue weighted by molar-refractivity contribution is 6.11. The van der Waals surface area contributed by atoms with Crippen LogP contribution in [0, 0.1) is 0 Å². The van der Waals surface area contributed by atoms with Gasteiger partial charge in [-0.1, -0.05) is 218 Å². The second kappa shape index (κ2) is 19.8. The molecule has 2 aromatic heterocycles. The molecule has 0 atom stereocenters. The van der Waals surface area contributed by atoms with Crippen LogP contribution in [0.3, 0.4) is 0 Å². The molecule has 83 heavy (non-hydrogen) atoms. The number of furan rings is 1. The third-order valence-corrected chi connectivity index (χ3v) is 17.3. The Hall–Kier alpha value is -10.7. The maximum atomic E-state index is 6.40. The molecule has 2 heterocycles. The molecule has 0 N–H and O–H groups in total. The Morgan fingerprint density at radius 2 is 0.880 bits per heavy atom. The number of hydrogen-bond acceptors (Lipinski definition) is 2. The van der Waals surface area contributed by atoms with E-state index in [1.165, 1.54) is 88.6 Å². The van der Waals surface area contributed by atoms with E-state index >= 15 is 0 Å². The maximum absolute atomic E-state index is 6.40. The number of benzene rings is 12. The SMILES string of the molecule is C1=CCC=C2C(=C1)c1ccc(N(c3ccc(-c4cccc(-c5cccc(-c6cccc(-c7ccc8c(c7)c7ccccc7n8-c7ccccc7)c6)c5)c4)cc3)c3ccc4oc5ccccc5c4c3)cc1C2(c1ccccc1)c1ccccc1. The Morgan fingerprint density at radius 3 is 1.55 bits per heavy atom. The average molecular weight is 1060 g/mol. The molecule has 14 aromatic rings. The lowest BCUT2D eigenvalue weighted by molar-refractivity contribution is 0.669. The van der Waals surface area contributed by atoms with E-state index in [9.17, 15) is 0 Å². The highest BCUT2D eigenvalue weighted by atomic mass is 16.3. The first-order chi connectivity index (χ1) is 41.1. The van der Waals surface area contributed by atoms with Gasteiger partial charge in [0.25, 0.3) is 0 Å². The van der Waals surface area contributed by atoms with Crippen LogP contribution >= 0.6 is 0 Å². The van der Waals surface area contributed by atoms with Crippen molar-refractivity contribution in [3.63, 3.8) is 0 Å². The number of nitrogens with zero attached hydrogens (tertiary/aromatic N) is 2. The summed E-state index contributed by atoms with van der Waals surface area (Å²) < 4.78 is 8.78. The maximum Gasteiger partial charge on any atom is 0.135 e. The van der Waals surface area contributed by atoms with Crippen molar-refractivity contribution in [3.8, 4) is 50.2 Å². The van der Waals surface area contributed by atoms with Crippen LogP contribution in [-0.4, -0.2) is 4.57 Å². The van der Waals surface area contributed by atoms with Crippen LogP contribution in [0.2, 0.25) is 0 Å². The van der Waals surface area contributed by atoms with Crippen LogP contribution in [0.25, 0.3) is 99.5 Å². The quantitative estimate of drug-likeness (QED) is 0.136. The zero-order valence-electron chi connectivity index (χ0n) is 45.5. The van der Waals surface area contributed by atoms with Crippen molar-refractivity contribution >= 4 is 66.4 Å². The fourth-order valence-corrected chi connectivity index (χ4v) is 13.5. The van der Waals surface area contributed by atoms with E-state index in [1.807, 2.05) is 6.07 Å². The lowest BCUT2D eigenvalue weighted by Crippen LogP contribution is -2.29. The first-order valence-electron chi connectivity index (χ1n) is 28.7. The van der Waals surface area contributed by atoms with E-state index in [1.54, 1.807) is 0 Å². The molecule has 3 heteroatoms. The van der Waals surface area contributed by atoms with E-state index in [2.05, 4.69) is 319 Å². The van der Waals surface area contributed by atoms with Gasteiger partial charge in [-0.25, -0.2) is 0 Å². The zero-order valence-corrected chi connectivity index (χ0v) is 45.5. The van der Waals surface area contributed by atoms with Crippen LogP contribution < -0.4 is 4.90 Å². The first kappa shape index (κ1) is 48.2. The fraction of sp³-hybridized carbons (Fsp3) is 0.0250. The van der Waals surface area contributed by atoms with Crippen molar-refractivity contribution in [2.45, 2.75) is 11.8 Å². The van der Waals surface area contributed by atoms with Crippen molar-refractivity contribution in [2.24, 2.45) is 0 Å². The van der Waals surface area contributed by atoms with Crippen molar-refractivity contribution in [1.82, 2.24) is 4.57 Å². The Labute approximate surface area is 482 Å². The molecular formula is C80H54N2O. The monoisotopic (exact) mass is 1060 g/mol. The van der Waals surface area contributed by atoms with Crippen LogP contribution in [0.4, 0.5) is 17.1 Å². The van der Waals surface area contributed by atoms with Crippen molar-refractivity contribution < 1.29 is 4.42 Å². The zero-order chi connectivity index (χ0) is 54.8. The Kier molecular flexibility index (Phi) is 11.5.